The molecule has 0 radical (unpaired) electrons. The number of imidazole rings is 1. The Morgan fingerprint density at radius 1 is 0.865 bits per heavy atom. The molecular weight excluding hydrogens is 464 g/mol. The third-order valence-corrected chi connectivity index (χ3v) is 7.60. The predicted octanol–water partition coefficient (Wildman–Crippen LogP) is 3.31. The van der Waals surface area contributed by atoms with Crippen LogP contribution in [0, 0.1) is 0 Å². The topological polar surface area (TPSA) is 106 Å². The van der Waals surface area contributed by atoms with Crippen LogP contribution in [0.4, 0.5) is 5.69 Å². The summed E-state index contributed by atoms with van der Waals surface area (Å²) in [5.74, 6) is 0.737. The molecule has 7 heterocycles. The second-order valence-corrected chi connectivity index (χ2v) is 10.2. The van der Waals surface area contributed by atoms with Gasteiger partial charge < -0.3 is 14.8 Å². The lowest BCUT2D eigenvalue weighted by Gasteiger charge is -2.33. The minimum absolute atomic E-state index is 0.665. The summed E-state index contributed by atoms with van der Waals surface area (Å²) in [6.45, 7) is 7.26. The van der Waals surface area contributed by atoms with Crippen LogP contribution < -0.4 is 4.90 Å². The molecular formula is C27H30N10. The van der Waals surface area contributed by atoms with E-state index in [4.69, 9.17) is 4.98 Å². The number of nitrogens with zero attached hydrogens (tertiary/aromatic N) is 8. The van der Waals surface area contributed by atoms with Crippen LogP contribution in [0.15, 0.2) is 43.1 Å². The van der Waals surface area contributed by atoms with E-state index in [0.717, 1.165) is 77.5 Å². The second-order valence-electron chi connectivity index (χ2n) is 10.2. The number of likely N-dealkylation sites (tertiary alicyclic amines) is 1. The largest absolute Gasteiger partial charge is 0.366 e. The normalized spacial score (nSPS) is 17.4. The van der Waals surface area contributed by atoms with Crippen molar-refractivity contribution < 1.29 is 0 Å². The van der Waals surface area contributed by atoms with Gasteiger partial charge in [0.25, 0.3) is 0 Å². The van der Waals surface area contributed by atoms with E-state index in [1.807, 2.05) is 31.0 Å². The molecule has 0 saturated carbocycles. The van der Waals surface area contributed by atoms with Crippen LogP contribution in [0.5, 0.6) is 0 Å². The van der Waals surface area contributed by atoms with Gasteiger partial charge >= 0.3 is 0 Å². The highest BCUT2D eigenvalue weighted by molar-refractivity contribution is 5.95. The smallest absolute Gasteiger partial charge is 0.181 e. The van der Waals surface area contributed by atoms with Crippen LogP contribution in [0.2, 0.25) is 0 Å². The summed E-state index contributed by atoms with van der Waals surface area (Å²) in [6.07, 6.45) is 12.1. The number of hydrogen-bond donors (Lipinski definition) is 2. The zero-order valence-electron chi connectivity index (χ0n) is 21.0. The maximum absolute atomic E-state index is 5.01. The van der Waals surface area contributed by atoms with E-state index in [1.54, 1.807) is 0 Å². The Bertz CT molecular complexity index is 1560. The Hall–Kier alpha value is -3.89. The lowest BCUT2D eigenvalue weighted by Crippen LogP contribution is -2.44. The van der Waals surface area contributed by atoms with Gasteiger partial charge in [0.15, 0.2) is 11.5 Å². The average molecular weight is 495 g/mol. The highest BCUT2D eigenvalue weighted by atomic mass is 15.3. The van der Waals surface area contributed by atoms with E-state index >= 15 is 0 Å². The highest BCUT2D eigenvalue weighted by Gasteiger charge is 2.21. The molecule has 0 bridgehead atoms. The molecule has 0 unspecified atom stereocenters. The van der Waals surface area contributed by atoms with Crippen LogP contribution in [-0.2, 0) is 6.54 Å². The van der Waals surface area contributed by atoms with Gasteiger partial charge in [-0.15, -0.1) is 0 Å². The maximum atomic E-state index is 5.01. The van der Waals surface area contributed by atoms with Crippen LogP contribution >= 0.6 is 0 Å². The molecule has 2 fully saturated rings. The van der Waals surface area contributed by atoms with Gasteiger partial charge in [-0.25, -0.2) is 9.97 Å². The van der Waals surface area contributed by atoms with Crippen molar-refractivity contribution in [2.24, 2.45) is 0 Å². The number of pyridine rings is 3. The Labute approximate surface area is 214 Å². The number of H-pyrrole nitrogens is 2. The fourth-order valence-electron chi connectivity index (χ4n) is 5.49. The van der Waals surface area contributed by atoms with E-state index in [1.165, 1.54) is 31.5 Å². The molecule has 37 heavy (non-hydrogen) atoms. The Kier molecular flexibility index (Phi) is 5.55. The molecule has 7 rings (SSSR count). The molecule has 0 atom stereocenters. The van der Waals surface area contributed by atoms with Crippen LogP contribution in [0.25, 0.3) is 44.7 Å². The molecule has 188 valence electrons. The first-order valence-electron chi connectivity index (χ1n) is 13.0. The average Bonchev–Trinajstić information content (AvgIpc) is 3.68. The van der Waals surface area contributed by atoms with Crippen LogP contribution in [-0.4, -0.2) is 91.2 Å². The Morgan fingerprint density at radius 3 is 2.54 bits per heavy atom. The predicted molar refractivity (Wildman–Crippen MR) is 144 cm³/mol. The SMILES string of the molecule is CN1CCN(c2cncc3[nH]c(-c4[nH]nc5ncc(-c6cncc(CN7CCCC7)c6)cc45)nc23)CC1. The number of hydrogen-bond acceptors (Lipinski definition) is 8. The molecule has 0 aromatic carbocycles. The quantitative estimate of drug-likeness (QED) is 0.383. The highest BCUT2D eigenvalue weighted by Crippen LogP contribution is 2.32. The first-order chi connectivity index (χ1) is 18.2. The Balaban J connectivity index is 1.24. The molecule has 2 saturated heterocycles. The molecule has 2 aliphatic rings. The summed E-state index contributed by atoms with van der Waals surface area (Å²) in [6, 6.07) is 4.35. The summed E-state index contributed by atoms with van der Waals surface area (Å²) in [7, 11) is 2.16. The molecule has 10 heteroatoms. The van der Waals surface area contributed by atoms with E-state index in [2.05, 4.69) is 64.0 Å². The molecule has 5 aromatic rings. The van der Waals surface area contributed by atoms with Crippen molar-refractivity contribution in [1.29, 1.82) is 0 Å². The van der Waals surface area contributed by atoms with Crippen molar-refractivity contribution in [3.05, 3.63) is 48.7 Å². The zero-order valence-corrected chi connectivity index (χ0v) is 21.0. The number of aromatic amines is 2. The van der Waals surface area contributed by atoms with E-state index < -0.39 is 0 Å². The molecule has 0 spiro atoms. The first-order valence-corrected chi connectivity index (χ1v) is 13.0. The van der Waals surface area contributed by atoms with Gasteiger partial charge in [0.05, 0.1) is 29.0 Å². The minimum atomic E-state index is 0.665. The third-order valence-electron chi connectivity index (χ3n) is 7.60. The number of piperazine rings is 1. The second kappa shape index (κ2) is 9.20. The summed E-state index contributed by atoms with van der Waals surface area (Å²) in [4.78, 5) is 29.3. The van der Waals surface area contributed by atoms with Gasteiger partial charge in [0.2, 0.25) is 0 Å². The molecule has 2 N–H and O–H groups in total. The lowest BCUT2D eigenvalue weighted by atomic mass is 10.1. The first kappa shape index (κ1) is 22.3. The van der Waals surface area contributed by atoms with Crippen molar-refractivity contribution in [1.82, 2.24) is 44.9 Å². The summed E-state index contributed by atoms with van der Waals surface area (Å²) in [5, 5.41) is 8.55. The zero-order chi connectivity index (χ0) is 24.8. The van der Waals surface area contributed by atoms with Crippen molar-refractivity contribution >= 4 is 27.8 Å². The van der Waals surface area contributed by atoms with E-state index in [0.29, 0.717) is 5.65 Å². The number of anilines is 1. The van der Waals surface area contributed by atoms with Crippen molar-refractivity contribution in [3.63, 3.8) is 0 Å². The van der Waals surface area contributed by atoms with Gasteiger partial charge in [-0.05, 0) is 50.7 Å². The minimum Gasteiger partial charge on any atom is -0.366 e. The fraction of sp³-hybridized carbons (Fsp3) is 0.370. The van der Waals surface area contributed by atoms with E-state index in [9.17, 15) is 0 Å². The molecule has 5 aromatic heterocycles. The van der Waals surface area contributed by atoms with Crippen LogP contribution in [0.1, 0.15) is 18.4 Å². The summed E-state index contributed by atoms with van der Waals surface area (Å²) >= 11 is 0. The van der Waals surface area contributed by atoms with Gasteiger partial charge in [-0.3, -0.25) is 20.0 Å². The van der Waals surface area contributed by atoms with E-state index in [-0.39, 0.29) is 0 Å². The number of fused-ring (bicyclic) bond motifs is 2. The maximum Gasteiger partial charge on any atom is 0.181 e. The molecule has 10 nitrogen and oxygen atoms in total. The van der Waals surface area contributed by atoms with Gasteiger partial charge in [0, 0.05) is 62.4 Å². The fourth-order valence-corrected chi connectivity index (χ4v) is 5.49. The number of rotatable bonds is 5. The van der Waals surface area contributed by atoms with Gasteiger partial charge in [-0.1, -0.05) is 0 Å². The summed E-state index contributed by atoms with van der Waals surface area (Å²) in [5.41, 5.74) is 7.71. The third kappa shape index (κ3) is 4.21. The molecule has 0 aliphatic carbocycles. The monoisotopic (exact) mass is 494 g/mol. The van der Waals surface area contributed by atoms with Gasteiger partial charge in [-0.2, -0.15) is 5.10 Å². The van der Waals surface area contributed by atoms with Crippen molar-refractivity contribution in [3.8, 4) is 22.6 Å². The van der Waals surface area contributed by atoms with Crippen molar-refractivity contribution in [2.45, 2.75) is 19.4 Å². The van der Waals surface area contributed by atoms with Gasteiger partial charge in [0.1, 0.15) is 11.2 Å². The summed E-state index contributed by atoms with van der Waals surface area (Å²) < 4.78 is 0. The Morgan fingerprint density at radius 2 is 1.68 bits per heavy atom. The number of likely N-dealkylation sites (N-methyl/N-ethyl adjacent to an activating group) is 1. The van der Waals surface area contributed by atoms with Crippen LogP contribution in [0.3, 0.4) is 0 Å². The standard InChI is InChI=1S/C27H30N10/c1-35-6-8-37(9-7-35)23-16-29-15-22-25(23)32-27(31-22)24-21-11-20(14-30-26(21)34-33-24)19-10-18(12-28-13-19)17-36-4-2-3-5-36/h10-16H,2-9,17H2,1H3,(H,31,32)(H,30,33,34). The lowest BCUT2D eigenvalue weighted by molar-refractivity contribution is 0.313. The van der Waals surface area contributed by atoms with Crippen molar-refractivity contribution in [2.75, 3.05) is 51.2 Å². The number of nitrogens with one attached hydrogen (secondary N) is 2. The molecule has 2 aliphatic heterocycles. The molecule has 0 amide bonds. The number of aromatic nitrogens is 7.